The van der Waals surface area contributed by atoms with Crippen molar-refractivity contribution in [2.75, 3.05) is 11.9 Å². The van der Waals surface area contributed by atoms with E-state index in [2.05, 4.69) is 5.32 Å². The molecular weight excluding hydrogens is 423 g/mol. The number of halogens is 1. The maximum absolute atomic E-state index is 13.5. The van der Waals surface area contributed by atoms with Crippen LogP contribution in [0.15, 0.2) is 72.8 Å². The monoisotopic (exact) mass is 446 g/mol. The van der Waals surface area contributed by atoms with Crippen LogP contribution in [0, 0.1) is 5.82 Å². The second-order valence-electron chi connectivity index (χ2n) is 7.71. The summed E-state index contributed by atoms with van der Waals surface area (Å²) < 4.78 is 18.5. The van der Waals surface area contributed by atoms with Gasteiger partial charge in [-0.1, -0.05) is 30.3 Å². The van der Waals surface area contributed by atoms with Crippen LogP contribution in [0.3, 0.4) is 0 Å². The lowest BCUT2D eigenvalue weighted by atomic mass is 10.0. The van der Waals surface area contributed by atoms with Gasteiger partial charge in [0.25, 0.3) is 5.91 Å². The molecule has 1 N–H and O–H groups in total. The average molecular weight is 446 g/mol. The van der Waals surface area contributed by atoms with Gasteiger partial charge in [0, 0.05) is 17.8 Å². The summed E-state index contributed by atoms with van der Waals surface area (Å²) in [7, 11) is 0. The van der Waals surface area contributed by atoms with Gasteiger partial charge in [-0.05, 0) is 60.5 Å². The van der Waals surface area contributed by atoms with Gasteiger partial charge in [-0.2, -0.15) is 0 Å². The summed E-state index contributed by atoms with van der Waals surface area (Å²) in [6, 6.07) is 19.0. The van der Waals surface area contributed by atoms with Gasteiger partial charge < -0.3 is 15.0 Å². The Labute approximate surface area is 191 Å². The highest BCUT2D eigenvalue weighted by molar-refractivity contribution is 5.99. The summed E-state index contributed by atoms with van der Waals surface area (Å²) in [4.78, 5) is 39.4. The first kappa shape index (κ1) is 22.2. The zero-order chi connectivity index (χ0) is 23.4. The van der Waals surface area contributed by atoms with Crippen LogP contribution in [0.4, 0.5) is 10.1 Å². The molecule has 0 saturated carbocycles. The molecule has 0 radical (unpaired) electrons. The Hall–Kier alpha value is -4.00. The first-order valence-corrected chi connectivity index (χ1v) is 10.7. The van der Waals surface area contributed by atoms with Crippen molar-refractivity contribution >= 4 is 23.5 Å². The molecule has 3 aromatic carbocycles. The van der Waals surface area contributed by atoms with Crippen LogP contribution in [-0.4, -0.2) is 29.3 Å². The average Bonchev–Trinajstić information content (AvgIpc) is 3.15. The molecule has 168 valence electrons. The van der Waals surface area contributed by atoms with Gasteiger partial charge in [-0.3, -0.25) is 9.59 Å². The number of carbonyl (C=O) groups excluding carboxylic acids is 3. The number of carbonyl (C=O) groups is 3. The van der Waals surface area contributed by atoms with Crippen molar-refractivity contribution < 1.29 is 23.5 Å². The van der Waals surface area contributed by atoms with Crippen molar-refractivity contribution in [3.05, 3.63) is 101 Å². The number of nitrogens with one attached hydrogen (secondary N) is 1. The van der Waals surface area contributed by atoms with E-state index in [9.17, 15) is 18.8 Å². The van der Waals surface area contributed by atoms with E-state index in [0.29, 0.717) is 28.9 Å². The molecule has 1 heterocycles. The molecular formula is C26H23FN2O4. The normalized spacial score (nSPS) is 13.4. The van der Waals surface area contributed by atoms with Gasteiger partial charge in [-0.25, -0.2) is 9.18 Å². The number of fused-ring (bicyclic) bond motifs is 1. The largest absolute Gasteiger partial charge is 0.462 e. The van der Waals surface area contributed by atoms with Crippen LogP contribution < -0.4 is 5.32 Å². The molecule has 4 rings (SSSR count). The molecule has 0 spiro atoms. The fourth-order valence-electron chi connectivity index (χ4n) is 3.91. The van der Waals surface area contributed by atoms with Crippen LogP contribution >= 0.6 is 0 Å². The fourth-order valence-corrected chi connectivity index (χ4v) is 3.91. The van der Waals surface area contributed by atoms with Crippen LogP contribution in [0.2, 0.25) is 0 Å². The lowest BCUT2D eigenvalue weighted by Gasteiger charge is -2.28. The number of amides is 2. The Morgan fingerprint density at radius 2 is 1.73 bits per heavy atom. The highest BCUT2D eigenvalue weighted by Crippen LogP contribution is 2.33. The summed E-state index contributed by atoms with van der Waals surface area (Å²) in [5.74, 6) is -1.29. The van der Waals surface area contributed by atoms with Crippen LogP contribution in [0.25, 0.3) is 0 Å². The standard InChI is InChI=1S/C26H23FN2O4/c1-2-33-26(32)18-9-13-21(14-10-18)28-24(30)15-23(17-7-11-20(27)12-8-17)29-16-19-5-3-4-6-22(19)25(29)31/h3-14,23H,2,15-16H2,1H3,(H,28,30). The Morgan fingerprint density at radius 1 is 1.03 bits per heavy atom. The van der Waals surface area contributed by atoms with Crippen molar-refractivity contribution in [1.29, 1.82) is 0 Å². The van der Waals surface area contributed by atoms with Gasteiger partial charge in [0.1, 0.15) is 5.82 Å². The lowest BCUT2D eigenvalue weighted by Crippen LogP contribution is -2.32. The van der Waals surface area contributed by atoms with Gasteiger partial charge >= 0.3 is 5.97 Å². The quantitative estimate of drug-likeness (QED) is 0.533. The molecule has 3 aromatic rings. The number of benzene rings is 3. The van der Waals surface area contributed by atoms with E-state index in [0.717, 1.165) is 5.56 Å². The van der Waals surface area contributed by atoms with Crippen LogP contribution in [0.5, 0.6) is 0 Å². The fraction of sp³-hybridized carbons (Fsp3) is 0.192. The number of hydrogen-bond donors (Lipinski definition) is 1. The number of esters is 1. The van der Waals surface area contributed by atoms with E-state index >= 15 is 0 Å². The molecule has 1 aliphatic heterocycles. The molecule has 0 fully saturated rings. The third-order valence-corrected chi connectivity index (χ3v) is 5.54. The van der Waals surface area contributed by atoms with Gasteiger partial charge in [-0.15, -0.1) is 0 Å². The van der Waals surface area contributed by atoms with E-state index in [1.165, 1.54) is 12.1 Å². The Balaban J connectivity index is 1.52. The zero-order valence-electron chi connectivity index (χ0n) is 18.1. The van der Waals surface area contributed by atoms with Gasteiger partial charge in [0.05, 0.1) is 24.6 Å². The maximum Gasteiger partial charge on any atom is 0.338 e. The number of anilines is 1. The molecule has 1 atom stereocenters. The first-order valence-electron chi connectivity index (χ1n) is 10.7. The Bertz CT molecular complexity index is 1180. The second-order valence-corrected chi connectivity index (χ2v) is 7.71. The molecule has 0 aliphatic carbocycles. The maximum atomic E-state index is 13.5. The third-order valence-electron chi connectivity index (χ3n) is 5.54. The number of nitrogens with zero attached hydrogens (tertiary/aromatic N) is 1. The summed E-state index contributed by atoms with van der Waals surface area (Å²) >= 11 is 0. The number of ether oxygens (including phenoxy) is 1. The molecule has 1 aliphatic rings. The molecule has 6 nitrogen and oxygen atoms in total. The van der Waals surface area contributed by atoms with E-state index in [-0.39, 0.29) is 30.7 Å². The van der Waals surface area contributed by atoms with Crippen LogP contribution in [0.1, 0.15) is 51.2 Å². The van der Waals surface area contributed by atoms with Crippen molar-refractivity contribution in [3.63, 3.8) is 0 Å². The summed E-state index contributed by atoms with van der Waals surface area (Å²) in [5, 5.41) is 2.81. The molecule has 0 saturated heterocycles. The Kier molecular flexibility index (Phi) is 6.49. The molecule has 2 amide bonds. The highest BCUT2D eigenvalue weighted by atomic mass is 19.1. The van der Waals surface area contributed by atoms with E-state index < -0.39 is 12.0 Å². The van der Waals surface area contributed by atoms with E-state index in [1.54, 1.807) is 60.4 Å². The van der Waals surface area contributed by atoms with Crippen LogP contribution in [-0.2, 0) is 16.1 Å². The van der Waals surface area contributed by atoms with Gasteiger partial charge in [0.2, 0.25) is 5.91 Å². The highest BCUT2D eigenvalue weighted by Gasteiger charge is 2.34. The zero-order valence-corrected chi connectivity index (χ0v) is 18.1. The van der Waals surface area contributed by atoms with Gasteiger partial charge in [0.15, 0.2) is 0 Å². The molecule has 0 aromatic heterocycles. The lowest BCUT2D eigenvalue weighted by molar-refractivity contribution is -0.117. The third kappa shape index (κ3) is 4.92. The molecule has 1 unspecified atom stereocenters. The predicted octanol–water partition coefficient (Wildman–Crippen LogP) is 4.73. The van der Waals surface area contributed by atoms with Crippen molar-refractivity contribution in [1.82, 2.24) is 4.90 Å². The SMILES string of the molecule is CCOC(=O)c1ccc(NC(=O)CC(c2ccc(F)cc2)N2Cc3ccccc3C2=O)cc1. The molecule has 33 heavy (non-hydrogen) atoms. The number of hydrogen-bond acceptors (Lipinski definition) is 4. The smallest absolute Gasteiger partial charge is 0.338 e. The van der Waals surface area contributed by atoms with Crippen molar-refractivity contribution in [2.24, 2.45) is 0 Å². The number of rotatable bonds is 7. The molecule has 7 heteroatoms. The second kappa shape index (κ2) is 9.65. The summed E-state index contributed by atoms with van der Waals surface area (Å²) in [6.07, 6.45) is -0.00894. The summed E-state index contributed by atoms with van der Waals surface area (Å²) in [6.45, 7) is 2.38. The Morgan fingerprint density at radius 3 is 2.39 bits per heavy atom. The minimum atomic E-state index is -0.565. The minimum Gasteiger partial charge on any atom is -0.462 e. The van der Waals surface area contributed by atoms with Crippen molar-refractivity contribution in [3.8, 4) is 0 Å². The van der Waals surface area contributed by atoms with Crippen molar-refractivity contribution in [2.45, 2.75) is 25.9 Å². The summed E-state index contributed by atoms with van der Waals surface area (Å²) in [5.41, 5.74) is 3.08. The predicted molar refractivity (Wildman–Crippen MR) is 121 cm³/mol. The minimum absolute atomic E-state index is 0.00894. The van der Waals surface area contributed by atoms with E-state index in [4.69, 9.17) is 4.74 Å². The first-order chi connectivity index (χ1) is 16.0. The van der Waals surface area contributed by atoms with E-state index in [1.807, 2.05) is 12.1 Å². The molecule has 0 bridgehead atoms. The topological polar surface area (TPSA) is 75.7 Å².